The van der Waals surface area contributed by atoms with Crippen LogP contribution in [0.25, 0.3) is 0 Å². The van der Waals surface area contributed by atoms with Crippen molar-refractivity contribution in [2.75, 3.05) is 0 Å². The van der Waals surface area contributed by atoms with Crippen molar-refractivity contribution < 1.29 is 12.8 Å². The van der Waals surface area contributed by atoms with Crippen LogP contribution in [0.5, 0.6) is 0 Å². The Morgan fingerprint density at radius 1 is 0.410 bits per heavy atom. The van der Waals surface area contributed by atoms with Gasteiger partial charge in [0, 0.05) is 0 Å². The normalized spacial score (nSPS) is 11.9. The standard InChI is InChI=1S/C36H72O2.Ca.2H/c1-3-5-7-9-11-13-15-17-19-20-22-24-26-28-30-32-34-35(36(37)38)33-31-29-27-25-23-21-18-16-14-12-10-8-6-4-2;;;/h35H,3-34H2,1-2H3,(H,37,38);;;/q;+2;2*-1. The third-order valence-electron chi connectivity index (χ3n) is 8.66. The third-order valence-corrected chi connectivity index (χ3v) is 8.66. The van der Waals surface area contributed by atoms with E-state index in [2.05, 4.69) is 13.8 Å². The molecule has 0 aromatic rings. The summed E-state index contributed by atoms with van der Waals surface area (Å²) in [6, 6.07) is 0. The van der Waals surface area contributed by atoms with Crippen molar-refractivity contribution >= 4 is 43.7 Å². The van der Waals surface area contributed by atoms with E-state index in [1.54, 1.807) is 0 Å². The van der Waals surface area contributed by atoms with Crippen molar-refractivity contribution in [2.24, 2.45) is 5.92 Å². The van der Waals surface area contributed by atoms with Crippen LogP contribution in [-0.2, 0) is 4.79 Å². The van der Waals surface area contributed by atoms with Crippen LogP contribution in [0.15, 0.2) is 0 Å². The minimum Gasteiger partial charge on any atom is -1.00 e. The second-order valence-electron chi connectivity index (χ2n) is 12.5. The Labute approximate surface area is 280 Å². The number of unbranched alkanes of at least 4 members (excludes halogenated alkanes) is 28. The molecule has 0 rings (SSSR count). The molecule has 3 heteroatoms. The van der Waals surface area contributed by atoms with Gasteiger partial charge < -0.3 is 7.96 Å². The van der Waals surface area contributed by atoms with E-state index in [1.807, 2.05) is 0 Å². The molecule has 0 spiro atoms. The zero-order chi connectivity index (χ0) is 27.8. The molecule has 0 aliphatic carbocycles. The summed E-state index contributed by atoms with van der Waals surface area (Å²) < 4.78 is 0. The van der Waals surface area contributed by atoms with Gasteiger partial charge in [-0.15, -0.1) is 0 Å². The number of carboxylic acids is 1. The number of hydrogen-bond acceptors (Lipinski definition) is 1. The van der Waals surface area contributed by atoms with Crippen LogP contribution in [0.4, 0.5) is 0 Å². The minimum absolute atomic E-state index is 0. The van der Waals surface area contributed by atoms with Gasteiger partial charge in [0.05, 0.1) is 5.92 Å². The maximum Gasteiger partial charge on any atom is 2.00 e. The van der Waals surface area contributed by atoms with Gasteiger partial charge in [0.15, 0.2) is 0 Å². The summed E-state index contributed by atoms with van der Waals surface area (Å²) in [6.07, 6.45) is 42.8. The Morgan fingerprint density at radius 3 is 0.769 bits per heavy atom. The average Bonchev–Trinajstić information content (AvgIpc) is 2.91. The molecule has 1 unspecified atom stereocenters. The summed E-state index contributed by atoms with van der Waals surface area (Å²) >= 11 is 0. The predicted molar refractivity (Wildman–Crippen MR) is 178 cm³/mol. The SMILES string of the molecule is CCCCCCCCCCCCCCCCCCC(CCCCCCCCCCCCCCCC)C(=O)O.[Ca+2].[H-].[H-]. The molecule has 0 fully saturated rings. The Bertz CT molecular complexity index is 465. The van der Waals surface area contributed by atoms with Crippen LogP contribution >= 0.6 is 0 Å². The number of rotatable bonds is 33. The van der Waals surface area contributed by atoms with Gasteiger partial charge in [-0.05, 0) is 12.8 Å². The van der Waals surface area contributed by atoms with Crippen LogP contribution in [0.1, 0.15) is 222 Å². The van der Waals surface area contributed by atoms with Crippen molar-refractivity contribution in [2.45, 2.75) is 219 Å². The van der Waals surface area contributed by atoms with Crippen molar-refractivity contribution in [1.29, 1.82) is 0 Å². The number of hydrogen-bond donors (Lipinski definition) is 1. The molecule has 0 saturated carbocycles. The second-order valence-corrected chi connectivity index (χ2v) is 12.5. The van der Waals surface area contributed by atoms with E-state index < -0.39 is 5.97 Å². The fourth-order valence-corrected chi connectivity index (χ4v) is 5.92. The van der Waals surface area contributed by atoms with Crippen molar-refractivity contribution in [3.63, 3.8) is 0 Å². The molecule has 0 aliphatic heterocycles. The molecule has 0 aromatic heterocycles. The predicted octanol–water partition coefficient (Wildman–Crippen LogP) is 13.1. The van der Waals surface area contributed by atoms with Crippen LogP contribution < -0.4 is 0 Å². The number of aliphatic carboxylic acids is 1. The van der Waals surface area contributed by atoms with E-state index in [0.717, 1.165) is 25.7 Å². The molecule has 0 heterocycles. The average molecular weight is 579 g/mol. The Hall–Kier alpha value is 0.730. The first-order valence-corrected chi connectivity index (χ1v) is 17.9. The quantitative estimate of drug-likeness (QED) is 0.0621. The van der Waals surface area contributed by atoms with Crippen LogP contribution in [-0.4, -0.2) is 48.8 Å². The molecule has 0 saturated heterocycles. The van der Waals surface area contributed by atoms with E-state index in [-0.39, 0.29) is 46.5 Å². The zero-order valence-electron chi connectivity index (χ0n) is 29.3. The molecule has 0 aromatic carbocycles. The van der Waals surface area contributed by atoms with Crippen molar-refractivity contribution in [1.82, 2.24) is 0 Å². The zero-order valence-corrected chi connectivity index (χ0v) is 29.5. The molecule has 0 amide bonds. The fraction of sp³-hybridized carbons (Fsp3) is 0.972. The first-order valence-electron chi connectivity index (χ1n) is 17.9. The summed E-state index contributed by atoms with van der Waals surface area (Å²) in [4.78, 5) is 11.7. The van der Waals surface area contributed by atoms with Gasteiger partial charge in [-0.2, -0.15) is 0 Å². The summed E-state index contributed by atoms with van der Waals surface area (Å²) in [5.74, 6) is -0.653. The van der Waals surface area contributed by atoms with E-state index in [1.165, 1.54) is 180 Å². The van der Waals surface area contributed by atoms with E-state index in [9.17, 15) is 9.90 Å². The first-order chi connectivity index (χ1) is 18.7. The fourth-order valence-electron chi connectivity index (χ4n) is 5.92. The van der Waals surface area contributed by atoms with Gasteiger partial charge in [0.25, 0.3) is 0 Å². The van der Waals surface area contributed by atoms with Crippen LogP contribution in [0.2, 0.25) is 0 Å². The summed E-state index contributed by atoms with van der Waals surface area (Å²) in [5.41, 5.74) is 0. The van der Waals surface area contributed by atoms with E-state index in [0.29, 0.717) is 0 Å². The molecular formula is C36H74CaO2. The molecule has 1 atom stereocenters. The largest absolute Gasteiger partial charge is 2.00 e. The monoisotopic (exact) mass is 579 g/mol. The van der Waals surface area contributed by atoms with Crippen LogP contribution in [0.3, 0.4) is 0 Å². The summed E-state index contributed by atoms with van der Waals surface area (Å²) in [6.45, 7) is 4.57. The molecule has 0 bridgehead atoms. The molecule has 2 nitrogen and oxygen atoms in total. The summed E-state index contributed by atoms with van der Waals surface area (Å²) in [5, 5.41) is 9.60. The molecule has 39 heavy (non-hydrogen) atoms. The van der Waals surface area contributed by atoms with Gasteiger partial charge in [0.1, 0.15) is 0 Å². The maximum absolute atomic E-state index is 11.7. The van der Waals surface area contributed by atoms with Gasteiger partial charge in [-0.25, -0.2) is 0 Å². The summed E-state index contributed by atoms with van der Waals surface area (Å²) in [7, 11) is 0. The molecule has 232 valence electrons. The van der Waals surface area contributed by atoms with Crippen molar-refractivity contribution in [3.8, 4) is 0 Å². The smallest absolute Gasteiger partial charge is 1.00 e. The van der Waals surface area contributed by atoms with E-state index in [4.69, 9.17) is 0 Å². The number of carboxylic acid groups (broad SMARTS) is 1. The molecular weight excluding hydrogens is 504 g/mol. The Morgan fingerprint density at radius 2 is 0.590 bits per heavy atom. The van der Waals surface area contributed by atoms with E-state index >= 15 is 0 Å². The topological polar surface area (TPSA) is 37.3 Å². The Kier molecular flexibility index (Phi) is 39.5. The second kappa shape index (κ2) is 36.8. The van der Waals surface area contributed by atoms with Crippen LogP contribution in [0, 0.1) is 5.92 Å². The van der Waals surface area contributed by atoms with Gasteiger partial charge in [-0.1, -0.05) is 206 Å². The molecule has 0 aliphatic rings. The Balaban J connectivity index is -0.00000228. The van der Waals surface area contributed by atoms with Gasteiger partial charge in [0.2, 0.25) is 0 Å². The van der Waals surface area contributed by atoms with Crippen molar-refractivity contribution in [3.05, 3.63) is 0 Å². The number of carbonyl (C=O) groups is 1. The maximum atomic E-state index is 11.7. The van der Waals surface area contributed by atoms with Gasteiger partial charge in [-0.3, -0.25) is 4.79 Å². The molecule has 0 radical (unpaired) electrons. The first kappa shape index (κ1) is 41.9. The third kappa shape index (κ3) is 34.8. The molecule has 1 N–H and O–H groups in total. The minimum atomic E-state index is -0.555. The van der Waals surface area contributed by atoms with Gasteiger partial charge >= 0.3 is 43.7 Å².